The average Bonchev–Trinajstić information content (AvgIpc) is 2.61. The molecule has 0 aliphatic rings. The lowest BCUT2D eigenvalue weighted by molar-refractivity contribution is 0.0790. The van der Waals surface area contributed by atoms with Crippen LogP contribution >= 0.6 is 0 Å². The van der Waals surface area contributed by atoms with Crippen LogP contribution < -0.4 is 5.32 Å². The van der Waals surface area contributed by atoms with E-state index in [1.165, 1.54) is 0 Å². The number of rotatable bonds is 6. The lowest BCUT2D eigenvalue weighted by Crippen LogP contribution is -2.52. The Bertz CT molecular complexity index is 724. The van der Waals surface area contributed by atoms with Crippen molar-refractivity contribution in [1.29, 1.82) is 0 Å². The van der Waals surface area contributed by atoms with Crippen LogP contribution in [0.15, 0.2) is 48.5 Å². The molecule has 0 radical (unpaired) electrons. The summed E-state index contributed by atoms with van der Waals surface area (Å²) in [6.45, 7) is 8.41. The number of hydrogen-bond donors (Lipinski definition) is 1. The molecule has 0 heterocycles. The summed E-state index contributed by atoms with van der Waals surface area (Å²) < 4.78 is 0. The highest BCUT2D eigenvalue weighted by molar-refractivity contribution is 5.96. The summed E-state index contributed by atoms with van der Waals surface area (Å²) in [4.78, 5) is 15.3. The van der Waals surface area contributed by atoms with Gasteiger partial charge in [0.25, 0.3) is 5.91 Å². The Balaban J connectivity index is 2.43. The molecule has 3 heteroatoms. The second-order valence-corrected chi connectivity index (χ2v) is 7.17. The third-order valence-electron chi connectivity index (χ3n) is 5.62. The molecular weight excluding hydrogens is 308 g/mol. The first-order valence-corrected chi connectivity index (χ1v) is 8.90. The second kappa shape index (κ2) is 7.83. The molecule has 3 nitrogen and oxygen atoms in total. The fraction of sp³-hybridized carbons (Fsp3) is 0.409. The fourth-order valence-electron chi connectivity index (χ4n) is 3.23. The minimum Gasteiger partial charge on any atom is -0.343 e. The second-order valence-electron chi connectivity index (χ2n) is 7.17. The molecule has 0 fully saturated rings. The minimum atomic E-state index is -0.186. The Morgan fingerprint density at radius 3 is 2.28 bits per heavy atom. The van der Waals surface area contributed by atoms with E-state index in [-0.39, 0.29) is 17.5 Å². The Morgan fingerprint density at radius 2 is 1.72 bits per heavy atom. The van der Waals surface area contributed by atoms with Crippen molar-refractivity contribution in [2.45, 2.75) is 45.7 Å². The zero-order chi connectivity index (χ0) is 18.6. The molecule has 0 aromatic heterocycles. The van der Waals surface area contributed by atoms with Crippen molar-refractivity contribution in [2.75, 3.05) is 14.1 Å². The quantitative estimate of drug-likeness (QED) is 0.841. The van der Waals surface area contributed by atoms with Crippen LogP contribution in [0.5, 0.6) is 0 Å². The third-order valence-corrected chi connectivity index (χ3v) is 5.62. The van der Waals surface area contributed by atoms with Gasteiger partial charge in [-0.05, 0) is 64.0 Å². The lowest BCUT2D eigenvalue weighted by Gasteiger charge is -2.43. The monoisotopic (exact) mass is 338 g/mol. The maximum absolute atomic E-state index is 13.1. The summed E-state index contributed by atoms with van der Waals surface area (Å²) in [7, 11) is 4.15. The van der Waals surface area contributed by atoms with Gasteiger partial charge in [-0.2, -0.15) is 0 Å². The number of carbonyl (C=O) groups excluding carboxylic acids is 1. The van der Waals surface area contributed by atoms with E-state index in [1.807, 2.05) is 50.2 Å². The lowest BCUT2D eigenvalue weighted by atomic mass is 9.83. The van der Waals surface area contributed by atoms with Crippen molar-refractivity contribution < 1.29 is 4.79 Å². The molecule has 2 aromatic carbocycles. The Hall–Kier alpha value is -2.13. The molecule has 134 valence electrons. The van der Waals surface area contributed by atoms with Crippen LogP contribution in [-0.2, 0) is 0 Å². The topological polar surface area (TPSA) is 32.3 Å². The molecule has 0 aliphatic heterocycles. The van der Waals surface area contributed by atoms with E-state index >= 15 is 0 Å². The maximum Gasteiger partial charge on any atom is 0.252 e. The summed E-state index contributed by atoms with van der Waals surface area (Å²) in [5.41, 5.74) is 3.86. The molecule has 1 amide bonds. The molecule has 0 saturated carbocycles. The van der Waals surface area contributed by atoms with Crippen LogP contribution in [-0.4, -0.2) is 30.4 Å². The highest BCUT2D eigenvalue weighted by atomic mass is 16.1. The summed E-state index contributed by atoms with van der Waals surface area (Å²) in [6, 6.07) is 16.0. The van der Waals surface area contributed by atoms with Gasteiger partial charge in [-0.25, -0.2) is 0 Å². The summed E-state index contributed by atoms with van der Waals surface area (Å²) in [6.07, 6.45) is 0.923. The number of nitrogens with one attached hydrogen (secondary N) is 1. The molecular formula is C22H30N2O. The maximum atomic E-state index is 13.1. The zero-order valence-electron chi connectivity index (χ0n) is 16.3. The molecule has 2 atom stereocenters. The minimum absolute atomic E-state index is 0.0171. The van der Waals surface area contributed by atoms with Gasteiger partial charge in [0.15, 0.2) is 0 Å². The van der Waals surface area contributed by atoms with Gasteiger partial charge in [-0.1, -0.05) is 49.4 Å². The average molecular weight is 338 g/mol. The van der Waals surface area contributed by atoms with Crippen LogP contribution in [0.1, 0.15) is 53.4 Å². The molecule has 0 saturated heterocycles. The first-order valence-electron chi connectivity index (χ1n) is 8.90. The van der Waals surface area contributed by atoms with Gasteiger partial charge in [0, 0.05) is 11.1 Å². The SMILES string of the molecule is CCC(C)(C(NC(=O)c1cccc(C)c1C)c1ccccc1)N(C)C. The molecule has 0 aliphatic carbocycles. The number of aryl methyl sites for hydroxylation is 1. The number of amides is 1. The predicted molar refractivity (Wildman–Crippen MR) is 105 cm³/mol. The molecule has 2 aromatic rings. The van der Waals surface area contributed by atoms with Crippen molar-refractivity contribution in [2.24, 2.45) is 0 Å². The van der Waals surface area contributed by atoms with Gasteiger partial charge in [0.05, 0.1) is 6.04 Å². The van der Waals surface area contributed by atoms with Crippen LogP contribution in [0.2, 0.25) is 0 Å². The normalized spacial score (nSPS) is 14.8. The van der Waals surface area contributed by atoms with Gasteiger partial charge < -0.3 is 10.2 Å². The fourth-order valence-corrected chi connectivity index (χ4v) is 3.23. The van der Waals surface area contributed by atoms with Crippen molar-refractivity contribution >= 4 is 5.91 Å². The Kier molecular flexibility index (Phi) is 6.02. The molecule has 25 heavy (non-hydrogen) atoms. The molecule has 2 unspecified atom stereocenters. The number of hydrogen-bond acceptors (Lipinski definition) is 2. The van der Waals surface area contributed by atoms with Crippen molar-refractivity contribution in [3.63, 3.8) is 0 Å². The highest BCUT2D eigenvalue weighted by Crippen LogP contribution is 2.33. The van der Waals surface area contributed by atoms with Gasteiger partial charge in [-0.3, -0.25) is 4.79 Å². The smallest absolute Gasteiger partial charge is 0.252 e. The van der Waals surface area contributed by atoms with Crippen LogP contribution in [0.25, 0.3) is 0 Å². The van der Waals surface area contributed by atoms with Crippen LogP contribution in [0.4, 0.5) is 0 Å². The van der Waals surface area contributed by atoms with E-state index in [4.69, 9.17) is 0 Å². The van der Waals surface area contributed by atoms with Crippen molar-refractivity contribution in [3.05, 3.63) is 70.8 Å². The highest BCUT2D eigenvalue weighted by Gasteiger charge is 2.37. The first-order chi connectivity index (χ1) is 11.8. The summed E-state index contributed by atoms with van der Waals surface area (Å²) in [5.74, 6) is -0.0171. The first kappa shape index (κ1) is 19.2. The number of likely N-dealkylation sites (N-methyl/N-ethyl adjacent to an activating group) is 1. The van der Waals surface area contributed by atoms with Gasteiger partial charge in [-0.15, -0.1) is 0 Å². The third kappa shape index (κ3) is 3.93. The van der Waals surface area contributed by atoms with E-state index in [9.17, 15) is 4.79 Å². The van der Waals surface area contributed by atoms with E-state index in [0.29, 0.717) is 0 Å². The van der Waals surface area contributed by atoms with E-state index < -0.39 is 0 Å². The van der Waals surface area contributed by atoms with Gasteiger partial charge in [0.1, 0.15) is 0 Å². The largest absolute Gasteiger partial charge is 0.343 e. The molecule has 0 spiro atoms. The van der Waals surface area contributed by atoms with Crippen LogP contribution in [0.3, 0.4) is 0 Å². The van der Waals surface area contributed by atoms with E-state index in [1.54, 1.807) is 0 Å². The summed E-state index contributed by atoms with van der Waals surface area (Å²) in [5, 5.41) is 3.31. The molecule has 0 bridgehead atoms. The summed E-state index contributed by atoms with van der Waals surface area (Å²) >= 11 is 0. The Labute approximate surface area is 152 Å². The van der Waals surface area contributed by atoms with E-state index in [2.05, 4.69) is 50.3 Å². The molecule has 2 rings (SSSR count). The zero-order valence-corrected chi connectivity index (χ0v) is 16.3. The molecule has 1 N–H and O–H groups in total. The predicted octanol–water partition coefficient (Wildman–Crippen LogP) is 4.50. The Morgan fingerprint density at radius 1 is 1.08 bits per heavy atom. The number of benzene rings is 2. The van der Waals surface area contributed by atoms with Crippen molar-refractivity contribution in [1.82, 2.24) is 10.2 Å². The van der Waals surface area contributed by atoms with Gasteiger partial charge in [0.2, 0.25) is 0 Å². The standard InChI is InChI=1S/C22H30N2O/c1-7-22(4,24(5)6)20(18-13-9-8-10-14-18)23-21(25)19-15-11-12-16(2)17(19)3/h8-15,20H,7H2,1-6H3,(H,23,25). The number of nitrogens with zero attached hydrogens (tertiary/aromatic N) is 1. The number of carbonyl (C=O) groups is 1. The van der Waals surface area contributed by atoms with Crippen LogP contribution in [0, 0.1) is 13.8 Å². The van der Waals surface area contributed by atoms with Gasteiger partial charge >= 0.3 is 0 Å². The van der Waals surface area contributed by atoms with E-state index in [0.717, 1.165) is 28.7 Å². The van der Waals surface area contributed by atoms with Crippen molar-refractivity contribution in [3.8, 4) is 0 Å².